The van der Waals surface area contributed by atoms with Gasteiger partial charge in [-0.05, 0) is 74.5 Å². The molecule has 2 aromatic rings. The van der Waals surface area contributed by atoms with Crippen molar-refractivity contribution in [2.24, 2.45) is 29.6 Å². The molecule has 0 aromatic heterocycles. The van der Waals surface area contributed by atoms with E-state index in [0.717, 1.165) is 43.7 Å². The Morgan fingerprint density at radius 3 is 2.49 bits per heavy atom. The Bertz CT molecular complexity index is 1180. The van der Waals surface area contributed by atoms with Gasteiger partial charge in [-0.1, -0.05) is 56.7 Å². The maximum atomic E-state index is 12.0. The van der Waals surface area contributed by atoms with Crippen molar-refractivity contribution in [3.63, 3.8) is 0 Å². The summed E-state index contributed by atoms with van der Waals surface area (Å²) in [5.74, 6) is 2.48. The van der Waals surface area contributed by atoms with Gasteiger partial charge in [-0.25, -0.2) is 4.31 Å². The number of nitrogens with one attached hydrogen (secondary N) is 1. The van der Waals surface area contributed by atoms with Gasteiger partial charge >= 0.3 is 0 Å². The van der Waals surface area contributed by atoms with Gasteiger partial charge in [0.05, 0.1) is 13.2 Å². The average Bonchev–Trinajstić information content (AvgIpc) is 3.57. The summed E-state index contributed by atoms with van der Waals surface area (Å²) in [7, 11) is 3.85. The van der Waals surface area contributed by atoms with E-state index in [1.54, 1.807) is 4.90 Å². The van der Waals surface area contributed by atoms with Crippen LogP contribution in [0.1, 0.15) is 48.7 Å². The second-order valence-electron chi connectivity index (χ2n) is 12.5. The predicted octanol–water partition coefficient (Wildman–Crippen LogP) is 5.25. The molecule has 6 atom stereocenters. The number of hydrogen-bond acceptors (Lipinski definition) is 8. The minimum absolute atomic E-state index is 0.0139. The Morgan fingerprint density at radius 1 is 1.14 bits per heavy atom. The molecule has 1 aliphatic carbocycles. The lowest BCUT2D eigenvalue weighted by atomic mass is 9.88. The van der Waals surface area contributed by atoms with Crippen LogP contribution in [0.15, 0.2) is 53.4 Å². The number of carbonyl (C=O) groups excluding carboxylic acids is 2. The number of amides is 1. The van der Waals surface area contributed by atoms with Crippen molar-refractivity contribution < 1.29 is 23.8 Å². The van der Waals surface area contributed by atoms with Crippen molar-refractivity contribution in [3.05, 3.63) is 65.2 Å². The molecule has 43 heavy (non-hydrogen) atoms. The molecule has 0 radical (unpaired) electrons. The van der Waals surface area contributed by atoms with E-state index in [2.05, 4.69) is 61.6 Å². The lowest BCUT2D eigenvalue weighted by Gasteiger charge is -2.32. The molecule has 6 rings (SSSR count). The molecule has 9 heteroatoms. The van der Waals surface area contributed by atoms with E-state index in [4.69, 9.17) is 14.2 Å². The van der Waals surface area contributed by atoms with Crippen molar-refractivity contribution in [1.29, 1.82) is 0 Å². The highest BCUT2D eigenvalue weighted by Crippen LogP contribution is 2.52. The molecule has 8 nitrogen and oxygen atoms in total. The van der Waals surface area contributed by atoms with Gasteiger partial charge in [0.25, 0.3) is 12.4 Å². The fourth-order valence-corrected chi connectivity index (χ4v) is 7.77. The fourth-order valence-electron chi connectivity index (χ4n) is 6.56. The number of ether oxygens (including phenoxy) is 3. The SMILES string of the molecule is CC1C2C3OCC2C(OC=O)[C@H]1CO3.CNCCCN(CC(C)C)Sc1ccc2c(c1)CN(C)C2=O.Cc1ccccc1. The maximum Gasteiger partial charge on any atom is 0.293 e. The Labute approximate surface area is 261 Å². The van der Waals surface area contributed by atoms with Gasteiger partial charge in [0.1, 0.15) is 6.10 Å². The van der Waals surface area contributed by atoms with Gasteiger partial charge in [0.2, 0.25) is 0 Å². The summed E-state index contributed by atoms with van der Waals surface area (Å²) in [6, 6.07) is 16.5. The van der Waals surface area contributed by atoms with Gasteiger partial charge < -0.3 is 24.4 Å². The Balaban J connectivity index is 0.000000169. The Kier molecular flexibility index (Phi) is 12.5. The van der Waals surface area contributed by atoms with Crippen molar-refractivity contribution in [1.82, 2.24) is 14.5 Å². The third-order valence-electron chi connectivity index (χ3n) is 8.69. The minimum atomic E-state index is -0.0495. The number of carbonyl (C=O) groups is 2. The third-order valence-corrected chi connectivity index (χ3v) is 9.75. The smallest absolute Gasteiger partial charge is 0.293 e. The molecule has 0 spiro atoms. The monoisotopic (exact) mass is 611 g/mol. The molecule has 1 amide bonds. The first-order chi connectivity index (χ1) is 20.7. The second-order valence-corrected chi connectivity index (χ2v) is 13.6. The molecule has 4 aliphatic rings. The summed E-state index contributed by atoms with van der Waals surface area (Å²) in [6.07, 6.45) is 1.11. The number of fused-ring (bicyclic) bond motifs is 2. The lowest BCUT2D eigenvalue weighted by molar-refractivity contribution is -0.186. The first-order valence-electron chi connectivity index (χ1n) is 15.5. The summed E-state index contributed by atoms with van der Waals surface area (Å²) >= 11 is 1.81. The van der Waals surface area contributed by atoms with Crippen LogP contribution < -0.4 is 5.32 Å². The molecule has 1 N–H and O–H groups in total. The number of benzene rings is 2. The zero-order valence-electron chi connectivity index (χ0n) is 26.5. The zero-order valence-corrected chi connectivity index (χ0v) is 27.3. The van der Waals surface area contributed by atoms with Crippen LogP contribution >= 0.6 is 11.9 Å². The van der Waals surface area contributed by atoms with Crippen LogP contribution in [-0.2, 0) is 25.5 Å². The van der Waals surface area contributed by atoms with E-state index >= 15 is 0 Å². The molecule has 2 saturated heterocycles. The van der Waals surface area contributed by atoms with E-state index in [1.165, 1.54) is 10.5 Å². The van der Waals surface area contributed by atoms with Crippen molar-refractivity contribution in [2.45, 2.75) is 58.0 Å². The Morgan fingerprint density at radius 2 is 1.86 bits per heavy atom. The summed E-state index contributed by atoms with van der Waals surface area (Å²) in [4.78, 5) is 25.4. The van der Waals surface area contributed by atoms with Crippen LogP contribution in [0.5, 0.6) is 0 Å². The Hall–Kier alpha value is -2.43. The quantitative estimate of drug-likeness (QED) is 0.222. The molecule has 2 bridgehead atoms. The van der Waals surface area contributed by atoms with Gasteiger partial charge in [0, 0.05) is 54.9 Å². The first-order valence-corrected chi connectivity index (χ1v) is 16.3. The highest BCUT2D eigenvalue weighted by molar-refractivity contribution is 7.97. The average molecular weight is 612 g/mol. The third kappa shape index (κ3) is 8.60. The lowest BCUT2D eigenvalue weighted by Crippen LogP contribution is -2.37. The minimum Gasteiger partial charge on any atom is -0.464 e. The standard InChI is InChI=1S/C17H27N3OS.C10H14O4.C7H8/c1-13(2)11-20(9-5-8-18-3)22-15-6-7-16-14(10-15)12-19(4)17(16)21;1-5-6-2-12-10-8(5)7(3-13-10)9(6)14-4-11;1-7-5-3-2-4-6-7/h6-7,10,13,18H,5,8-9,11-12H2,1-4H3;4-10H,2-3H2,1H3;2-6H,1H3/t;5?,6-,7?,8?,9?,10?;/m.0./s1. The van der Waals surface area contributed by atoms with Crippen LogP contribution in [0.4, 0.5) is 0 Å². The van der Waals surface area contributed by atoms with E-state index in [-0.39, 0.29) is 18.3 Å². The summed E-state index contributed by atoms with van der Waals surface area (Å²) in [5, 5.41) is 3.21. The summed E-state index contributed by atoms with van der Waals surface area (Å²) in [5.41, 5.74) is 3.33. The summed E-state index contributed by atoms with van der Waals surface area (Å²) < 4.78 is 18.7. The molecule has 3 fully saturated rings. The van der Waals surface area contributed by atoms with Crippen LogP contribution in [0, 0.1) is 36.5 Å². The molecule has 236 valence electrons. The molecular weight excluding hydrogens is 562 g/mol. The van der Waals surface area contributed by atoms with Gasteiger partial charge in [-0.3, -0.25) is 9.59 Å². The van der Waals surface area contributed by atoms with Gasteiger partial charge in [-0.2, -0.15) is 0 Å². The highest BCUT2D eigenvalue weighted by Gasteiger charge is 2.59. The zero-order chi connectivity index (χ0) is 30.9. The van der Waals surface area contributed by atoms with E-state index in [0.29, 0.717) is 49.3 Å². The van der Waals surface area contributed by atoms with E-state index in [1.807, 2.05) is 50.3 Å². The van der Waals surface area contributed by atoms with Gasteiger partial charge in [-0.15, -0.1) is 0 Å². The van der Waals surface area contributed by atoms with Crippen molar-refractivity contribution in [2.75, 3.05) is 46.9 Å². The van der Waals surface area contributed by atoms with Crippen LogP contribution in [-0.4, -0.2) is 80.9 Å². The number of aryl methyl sites for hydroxylation is 1. The van der Waals surface area contributed by atoms with E-state index < -0.39 is 0 Å². The fraction of sp³-hybridized carbons (Fsp3) is 0.588. The normalized spacial score (nSPS) is 26.5. The molecular formula is C34H49N3O5S. The molecule has 3 aliphatic heterocycles. The predicted molar refractivity (Wildman–Crippen MR) is 170 cm³/mol. The summed E-state index contributed by atoms with van der Waals surface area (Å²) in [6.45, 7) is 14.6. The molecule has 1 saturated carbocycles. The van der Waals surface area contributed by atoms with Crippen LogP contribution in [0.3, 0.4) is 0 Å². The van der Waals surface area contributed by atoms with Crippen molar-refractivity contribution in [3.8, 4) is 0 Å². The molecule has 3 heterocycles. The van der Waals surface area contributed by atoms with Gasteiger partial charge in [0.15, 0.2) is 6.29 Å². The van der Waals surface area contributed by atoms with E-state index in [9.17, 15) is 9.59 Å². The largest absolute Gasteiger partial charge is 0.464 e. The molecule has 2 aromatic carbocycles. The van der Waals surface area contributed by atoms with Crippen LogP contribution in [0.2, 0.25) is 0 Å². The number of rotatable bonds is 10. The number of hydrogen-bond donors (Lipinski definition) is 1. The number of nitrogens with zero attached hydrogens (tertiary/aromatic N) is 2. The van der Waals surface area contributed by atoms with Crippen molar-refractivity contribution >= 4 is 24.3 Å². The molecule has 5 unspecified atom stereocenters. The first kappa shape index (κ1) is 33.5. The maximum absolute atomic E-state index is 12.0. The highest BCUT2D eigenvalue weighted by atomic mass is 32.2. The second kappa shape index (κ2) is 16.0. The van der Waals surface area contributed by atoms with Crippen LogP contribution in [0.25, 0.3) is 0 Å². The topological polar surface area (TPSA) is 80.3 Å².